The van der Waals surface area contributed by atoms with Gasteiger partial charge in [0.2, 0.25) is 5.88 Å². The van der Waals surface area contributed by atoms with Crippen LogP contribution in [0.4, 0.5) is 13.2 Å². The highest BCUT2D eigenvalue weighted by Gasteiger charge is 2.35. The zero-order valence-corrected chi connectivity index (χ0v) is 14.8. The fourth-order valence-corrected chi connectivity index (χ4v) is 2.84. The highest BCUT2D eigenvalue weighted by atomic mass is 35.5. The van der Waals surface area contributed by atoms with E-state index < -0.39 is 17.8 Å². The molecular formula is C15H9Cl2F3N4O3. The number of aromatic nitrogens is 3. The summed E-state index contributed by atoms with van der Waals surface area (Å²) < 4.78 is 45.4. The molecule has 27 heavy (non-hydrogen) atoms. The molecule has 1 N–H and O–H groups in total. The zero-order chi connectivity index (χ0) is 19.9. The fraction of sp³-hybridized carbons (Fsp3) is 0.133. The Labute approximate surface area is 158 Å². The summed E-state index contributed by atoms with van der Waals surface area (Å²) in [6, 6.07) is 3.23. The standard InChI is InChI=1S/C15H9Cl2F3N4O3/c1-27-12-3-2-7(10-4-11(15(18,19)20)22-24(10)12)14(25)21-13-8(16)5-23(26)6-9(13)17/h2-6,26H,1H3. The van der Waals surface area contributed by atoms with E-state index >= 15 is 0 Å². The van der Waals surface area contributed by atoms with Crippen LogP contribution in [-0.2, 0) is 6.18 Å². The number of hydrogen-bond donors (Lipinski definition) is 1. The monoisotopic (exact) mass is 420 g/mol. The number of carbonyl (C=O) groups excluding carboxylic acids is 1. The van der Waals surface area contributed by atoms with Crippen molar-refractivity contribution < 1.29 is 27.9 Å². The summed E-state index contributed by atoms with van der Waals surface area (Å²) in [4.78, 5) is 16.3. The molecule has 12 heteroatoms. The molecule has 3 heterocycles. The van der Waals surface area contributed by atoms with E-state index in [0.29, 0.717) is 10.8 Å². The first-order valence-electron chi connectivity index (χ1n) is 7.11. The Morgan fingerprint density at radius 3 is 2.44 bits per heavy atom. The molecule has 0 spiro atoms. The number of hydrogen-bond acceptors (Lipinski definition) is 4. The Hall–Kier alpha value is -2.72. The molecule has 3 rings (SSSR count). The Kier molecular flexibility index (Phi) is 4.79. The van der Waals surface area contributed by atoms with Crippen molar-refractivity contribution in [3.63, 3.8) is 0 Å². The van der Waals surface area contributed by atoms with Gasteiger partial charge in [0.15, 0.2) is 5.69 Å². The molecule has 0 bridgehead atoms. The average Bonchev–Trinajstić information content (AvgIpc) is 3.02. The molecule has 0 aliphatic heterocycles. The lowest BCUT2D eigenvalue weighted by Crippen LogP contribution is -2.13. The van der Waals surface area contributed by atoms with Crippen LogP contribution in [0.25, 0.3) is 5.52 Å². The minimum atomic E-state index is -4.71. The molecule has 0 atom stereocenters. The van der Waals surface area contributed by atoms with Crippen LogP contribution >= 0.6 is 23.2 Å². The maximum absolute atomic E-state index is 13.0. The van der Waals surface area contributed by atoms with Gasteiger partial charge in [0, 0.05) is 6.07 Å². The summed E-state index contributed by atoms with van der Waals surface area (Å²) >= 11 is 11.8. The quantitative estimate of drug-likeness (QED) is 0.643. The van der Waals surface area contributed by atoms with E-state index in [1.807, 2.05) is 0 Å². The molecule has 0 unspecified atom stereocenters. The SMILES string of the molecule is COc1ccc(C(=O)N=c2c(Cl)cn(O)cc2Cl)c2cc(C(F)(F)F)nn12. The van der Waals surface area contributed by atoms with E-state index in [1.54, 1.807) is 0 Å². The van der Waals surface area contributed by atoms with E-state index in [-0.39, 0.29) is 32.4 Å². The second-order valence-electron chi connectivity index (χ2n) is 5.21. The van der Waals surface area contributed by atoms with Crippen LogP contribution in [0.3, 0.4) is 0 Å². The first kappa shape index (κ1) is 19.1. The second-order valence-corrected chi connectivity index (χ2v) is 6.03. The van der Waals surface area contributed by atoms with Gasteiger partial charge < -0.3 is 9.94 Å². The van der Waals surface area contributed by atoms with Crippen molar-refractivity contribution in [2.45, 2.75) is 6.18 Å². The van der Waals surface area contributed by atoms with Crippen LogP contribution < -0.4 is 10.1 Å². The number of rotatable bonds is 2. The van der Waals surface area contributed by atoms with Gasteiger partial charge in [0.1, 0.15) is 5.36 Å². The molecule has 0 aromatic carbocycles. The van der Waals surface area contributed by atoms with Gasteiger partial charge in [-0.1, -0.05) is 23.2 Å². The minimum Gasteiger partial charge on any atom is -0.481 e. The number of nitrogens with zero attached hydrogens (tertiary/aromatic N) is 4. The Morgan fingerprint density at radius 2 is 1.89 bits per heavy atom. The smallest absolute Gasteiger partial charge is 0.435 e. The third kappa shape index (κ3) is 3.58. The van der Waals surface area contributed by atoms with E-state index in [0.717, 1.165) is 16.9 Å². The summed E-state index contributed by atoms with van der Waals surface area (Å²) in [6.07, 6.45) is -2.62. The molecule has 0 aliphatic rings. The van der Waals surface area contributed by atoms with E-state index in [9.17, 15) is 23.2 Å². The number of alkyl halides is 3. The Bertz CT molecular complexity index is 1100. The number of ether oxygens (including phenoxy) is 1. The molecule has 3 aromatic heterocycles. The van der Waals surface area contributed by atoms with Crippen molar-refractivity contribution in [3.8, 4) is 5.88 Å². The Balaban J connectivity index is 2.22. The zero-order valence-electron chi connectivity index (χ0n) is 13.3. The van der Waals surface area contributed by atoms with Gasteiger partial charge in [0.25, 0.3) is 5.91 Å². The lowest BCUT2D eigenvalue weighted by atomic mass is 10.2. The largest absolute Gasteiger partial charge is 0.481 e. The van der Waals surface area contributed by atoms with Gasteiger partial charge in [-0.2, -0.15) is 27.5 Å². The van der Waals surface area contributed by atoms with Crippen LogP contribution in [0, 0.1) is 0 Å². The number of amides is 1. The lowest BCUT2D eigenvalue weighted by Gasteiger charge is -2.06. The predicted molar refractivity (Wildman–Crippen MR) is 88.3 cm³/mol. The summed E-state index contributed by atoms with van der Waals surface area (Å²) in [5, 5.41) is 12.4. The highest BCUT2D eigenvalue weighted by Crippen LogP contribution is 2.31. The number of pyridine rings is 2. The van der Waals surface area contributed by atoms with Gasteiger partial charge in [0.05, 0.1) is 40.6 Å². The molecule has 3 aromatic rings. The number of carbonyl (C=O) groups is 1. The molecule has 0 saturated carbocycles. The van der Waals surface area contributed by atoms with Crippen molar-refractivity contribution in [2.75, 3.05) is 7.11 Å². The van der Waals surface area contributed by atoms with Crippen molar-refractivity contribution >= 4 is 34.6 Å². The van der Waals surface area contributed by atoms with Gasteiger partial charge in [-0.25, -0.2) is 4.99 Å². The van der Waals surface area contributed by atoms with Gasteiger partial charge in [-0.15, -0.1) is 0 Å². The summed E-state index contributed by atoms with van der Waals surface area (Å²) in [5.41, 5.74) is -1.53. The molecular weight excluding hydrogens is 412 g/mol. The van der Waals surface area contributed by atoms with Crippen molar-refractivity contribution in [3.05, 3.63) is 57.3 Å². The molecule has 0 saturated heterocycles. The van der Waals surface area contributed by atoms with Crippen LogP contribution in [-0.4, -0.2) is 32.6 Å². The summed E-state index contributed by atoms with van der Waals surface area (Å²) in [7, 11) is 1.25. The van der Waals surface area contributed by atoms with Crippen LogP contribution in [0.2, 0.25) is 10.0 Å². The van der Waals surface area contributed by atoms with E-state index in [4.69, 9.17) is 27.9 Å². The number of fused-ring (bicyclic) bond motifs is 1. The first-order chi connectivity index (χ1) is 12.6. The van der Waals surface area contributed by atoms with Gasteiger partial charge in [-0.3, -0.25) is 4.79 Å². The van der Waals surface area contributed by atoms with Crippen molar-refractivity contribution in [1.82, 2.24) is 14.3 Å². The van der Waals surface area contributed by atoms with E-state index in [2.05, 4.69) is 10.1 Å². The van der Waals surface area contributed by atoms with Crippen LogP contribution in [0.1, 0.15) is 16.1 Å². The second kappa shape index (κ2) is 6.78. The topological polar surface area (TPSA) is 81.1 Å². The fourth-order valence-electron chi connectivity index (χ4n) is 2.30. The predicted octanol–water partition coefficient (Wildman–Crippen LogP) is 3.45. The maximum Gasteiger partial charge on any atom is 0.435 e. The summed E-state index contributed by atoms with van der Waals surface area (Å²) in [6.45, 7) is 0. The third-order valence-electron chi connectivity index (χ3n) is 3.47. The normalized spacial score (nSPS) is 11.6. The number of halogens is 5. The molecule has 0 radical (unpaired) electrons. The molecule has 142 valence electrons. The van der Waals surface area contributed by atoms with Gasteiger partial charge >= 0.3 is 6.18 Å². The third-order valence-corrected chi connectivity index (χ3v) is 4.03. The molecule has 1 amide bonds. The Morgan fingerprint density at radius 1 is 1.26 bits per heavy atom. The van der Waals surface area contributed by atoms with Crippen molar-refractivity contribution in [2.24, 2.45) is 4.99 Å². The lowest BCUT2D eigenvalue weighted by molar-refractivity contribution is -0.141. The van der Waals surface area contributed by atoms with Crippen LogP contribution in [0.5, 0.6) is 5.88 Å². The molecule has 0 aliphatic carbocycles. The van der Waals surface area contributed by atoms with Crippen LogP contribution in [0.15, 0.2) is 35.6 Å². The maximum atomic E-state index is 13.0. The van der Waals surface area contributed by atoms with Crippen molar-refractivity contribution in [1.29, 1.82) is 0 Å². The average molecular weight is 421 g/mol. The minimum absolute atomic E-state index is 0.00542. The van der Waals surface area contributed by atoms with E-state index in [1.165, 1.54) is 19.2 Å². The summed E-state index contributed by atoms with van der Waals surface area (Å²) in [5.74, 6) is -0.912. The van der Waals surface area contributed by atoms with Gasteiger partial charge in [-0.05, 0) is 12.1 Å². The first-order valence-corrected chi connectivity index (χ1v) is 7.87. The molecule has 0 fully saturated rings. The highest BCUT2D eigenvalue weighted by molar-refractivity contribution is 6.34. The molecule has 7 nitrogen and oxygen atoms in total. The number of methoxy groups -OCH3 is 1.